The average Bonchev–Trinajstić information content (AvgIpc) is 3.12. The van der Waals surface area contributed by atoms with Crippen molar-refractivity contribution in [2.45, 2.75) is 13.0 Å². The van der Waals surface area contributed by atoms with Gasteiger partial charge >= 0.3 is 0 Å². The molecule has 1 amide bonds. The molecule has 1 aliphatic rings. The largest absolute Gasteiger partial charge is 0.340 e. The number of hydrogen-bond donors (Lipinski definition) is 0. The second-order valence-corrected chi connectivity index (χ2v) is 7.25. The number of carbonyl (C=O) groups excluding carboxylic acids is 1. The van der Waals surface area contributed by atoms with Gasteiger partial charge in [0.25, 0.3) is 0 Å². The maximum atomic E-state index is 12.0. The van der Waals surface area contributed by atoms with Crippen LogP contribution in [0.4, 0.5) is 0 Å². The molecular formula is C19H21ClN6O. The third-order valence-corrected chi connectivity index (χ3v) is 5.01. The number of fused-ring (bicyclic) bond motifs is 1. The molecule has 8 heteroatoms. The van der Waals surface area contributed by atoms with Gasteiger partial charge in [-0.2, -0.15) is 5.10 Å². The molecular weight excluding hydrogens is 364 g/mol. The van der Waals surface area contributed by atoms with Gasteiger partial charge in [0.15, 0.2) is 0 Å². The number of nitrogens with zero attached hydrogens (tertiary/aromatic N) is 6. The number of aromatic nitrogens is 4. The van der Waals surface area contributed by atoms with E-state index >= 15 is 0 Å². The zero-order chi connectivity index (χ0) is 18.8. The monoisotopic (exact) mass is 384 g/mol. The number of likely N-dealkylation sites (N-methyl/N-ethyl adjacent to an activating group) is 1. The van der Waals surface area contributed by atoms with Gasteiger partial charge in [0.05, 0.1) is 23.8 Å². The fourth-order valence-corrected chi connectivity index (χ4v) is 3.41. The Morgan fingerprint density at radius 2 is 2.00 bits per heavy atom. The summed E-state index contributed by atoms with van der Waals surface area (Å²) in [5, 5.41) is 4.89. The lowest BCUT2D eigenvalue weighted by Crippen LogP contribution is -2.49. The molecule has 4 rings (SSSR count). The molecule has 0 aliphatic carbocycles. The van der Waals surface area contributed by atoms with Gasteiger partial charge in [0, 0.05) is 49.7 Å². The minimum Gasteiger partial charge on any atom is -0.340 e. The number of aryl methyl sites for hydroxylation is 1. The van der Waals surface area contributed by atoms with Gasteiger partial charge in [-0.3, -0.25) is 19.4 Å². The predicted octanol–water partition coefficient (Wildman–Crippen LogP) is 2.31. The van der Waals surface area contributed by atoms with Gasteiger partial charge in [0.1, 0.15) is 5.15 Å². The molecule has 3 aromatic heterocycles. The Hall–Kier alpha value is -2.51. The third kappa shape index (κ3) is 4.09. The molecule has 0 spiro atoms. The van der Waals surface area contributed by atoms with E-state index in [2.05, 4.69) is 20.0 Å². The van der Waals surface area contributed by atoms with Crippen molar-refractivity contribution in [1.29, 1.82) is 0 Å². The summed E-state index contributed by atoms with van der Waals surface area (Å²) in [5.41, 5.74) is 3.52. The van der Waals surface area contributed by atoms with Gasteiger partial charge in [-0.1, -0.05) is 11.6 Å². The van der Waals surface area contributed by atoms with Crippen LogP contribution in [0, 0.1) is 0 Å². The van der Waals surface area contributed by atoms with Crippen LogP contribution in [0.2, 0.25) is 5.15 Å². The maximum absolute atomic E-state index is 12.0. The molecule has 0 atom stereocenters. The fourth-order valence-electron chi connectivity index (χ4n) is 3.26. The molecule has 0 unspecified atom stereocenters. The van der Waals surface area contributed by atoms with Crippen molar-refractivity contribution in [3.8, 4) is 11.1 Å². The molecule has 4 heterocycles. The van der Waals surface area contributed by atoms with Crippen LogP contribution in [0.15, 0.2) is 36.8 Å². The molecule has 1 aliphatic heterocycles. The summed E-state index contributed by atoms with van der Waals surface area (Å²) in [6, 6.07) is 5.57. The van der Waals surface area contributed by atoms with E-state index in [-0.39, 0.29) is 5.91 Å². The van der Waals surface area contributed by atoms with Gasteiger partial charge in [-0.15, -0.1) is 0 Å². The first-order valence-corrected chi connectivity index (χ1v) is 9.38. The van der Waals surface area contributed by atoms with Crippen LogP contribution in [0.3, 0.4) is 0 Å². The topological polar surface area (TPSA) is 67.2 Å². The molecule has 7 nitrogen and oxygen atoms in total. The normalized spacial score (nSPS) is 15.6. The van der Waals surface area contributed by atoms with E-state index in [0.29, 0.717) is 11.7 Å². The Morgan fingerprint density at radius 1 is 1.11 bits per heavy atom. The summed E-state index contributed by atoms with van der Waals surface area (Å²) in [6.07, 6.45) is 6.53. The van der Waals surface area contributed by atoms with E-state index in [4.69, 9.17) is 11.6 Å². The molecule has 1 saturated heterocycles. The zero-order valence-corrected chi connectivity index (χ0v) is 15.9. The summed E-state index contributed by atoms with van der Waals surface area (Å²) in [7, 11) is 1.98. The third-order valence-electron chi connectivity index (χ3n) is 4.79. The van der Waals surface area contributed by atoms with Crippen molar-refractivity contribution in [3.05, 3.63) is 41.9 Å². The summed E-state index contributed by atoms with van der Waals surface area (Å²) in [5.74, 6) is 0.207. The van der Waals surface area contributed by atoms with Crippen LogP contribution in [0.1, 0.15) is 6.42 Å². The number of pyridine rings is 2. The standard InChI is InChI=1S/C19H21ClN6O/c1-24-7-8-25(19(27)13-24)5-2-6-26-12-15(11-22-26)14-9-17-16(21-10-14)3-4-18(20)23-17/h3-4,9-12H,2,5-8,13H2,1H3. The highest BCUT2D eigenvalue weighted by Crippen LogP contribution is 2.22. The first kappa shape index (κ1) is 17.9. The SMILES string of the molecule is CN1CCN(CCCn2cc(-c3cnc4ccc(Cl)nc4c3)cn2)C(=O)C1. The number of amides is 1. The molecule has 0 bridgehead atoms. The van der Waals surface area contributed by atoms with Crippen LogP contribution in [0.25, 0.3) is 22.2 Å². The highest BCUT2D eigenvalue weighted by molar-refractivity contribution is 6.29. The number of rotatable bonds is 5. The average molecular weight is 385 g/mol. The smallest absolute Gasteiger partial charge is 0.236 e. The van der Waals surface area contributed by atoms with Crippen LogP contribution in [0.5, 0.6) is 0 Å². The van der Waals surface area contributed by atoms with Crippen molar-refractivity contribution in [3.63, 3.8) is 0 Å². The molecule has 0 N–H and O–H groups in total. The number of piperazine rings is 1. The Labute approximate surface area is 162 Å². The Bertz CT molecular complexity index is 972. The van der Waals surface area contributed by atoms with Gasteiger partial charge in [-0.25, -0.2) is 4.98 Å². The van der Waals surface area contributed by atoms with Gasteiger partial charge < -0.3 is 4.90 Å². The van der Waals surface area contributed by atoms with E-state index < -0.39 is 0 Å². The lowest BCUT2D eigenvalue weighted by molar-refractivity contribution is -0.135. The Balaban J connectivity index is 1.39. The van der Waals surface area contributed by atoms with Gasteiger partial charge in [0.2, 0.25) is 5.91 Å². The van der Waals surface area contributed by atoms with Crippen molar-refractivity contribution in [2.24, 2.45) is 0 Å². The summed E-state index contributed by atoms with van der Waals surface area (Å²) in [4.78, 5) is 24.8. The van der Waals surface area contributed by atoms with Crippen molar-refractivity contribution in [2.75, 3.05) is 33.2 Å². The summed E-state index contributed by atoms with van der Waals surface area (Å²) >= 11 is 5.97. The molecule has 27 heavy (non-hydrogen) atoms. The molecule has 3 aromatic rings. The molecule has 0 saturated carbocycles. The second kappa shape index (κ2) is 7.62. The highest BCUT2D eigenvalue weighted by atomic mass is 35.5. The van der Waals surface area contributed by atoms with Crippen molar-refractivity contribution in [1.82, 2.24) is 29.5 Å². The van der Waals surface area contributed by atoms with E-state index in [9.17, 15) is 4.79 Å². The predicted molar refractivity (Wildman–Crippen MR) is 104 cm³/mol. The lowest BCUT2D eigenvalue weighted by atomic mass is 10.1. The van der Waals surface area contributed by atoms with Crippen LogP contribution in [-0.4, -0.2) is 68.7 Å². The van der Waals surface area contributed by atoms with Crippen LogP contribution >= 0.6 is 11.6 Å². The molecule has 1 fully saturated rings. The van der Waals surface area contributed by atoms with Crippen molar-refractivity contribution < 1.29 is 4.79 Å². The summed E-state index contributed by atoms with van der Waals surface area (Å²) < 4.78 is 1.91. The molecule has 140 valence electrons. The zero-order valence-electron chi connectivity index (χ0n) is 15.2. The highest BCUT2D eigenvalue weighted by Gasteiger charge is 2.20. The van der Waals surface area contributed by atoms with E-state index in [1.165, 1.54) is 0 Å². The summed E-state index contributed by atoms with van der Waals surface area (Å²) in [6.45, 7) is 3.79. The lowest BCUT2D eigenvalue weighted by Gasteiger charge is -2.32. The second-order valence-electron chi connectivity index (χ2n) is 6.86. The number of carbonyl (C=O) groups is 1. The van der Waals surface area contributed by atoms with Gasteiger partial charge in [-0.05, 0) is 31.7 Å². The maximum Gasteiger partial charge on any atom is 0.236 e. The number of hydrogen-bond acceptors (Lipinski definition) is 5. The minimum absolute atomic E-state index is 0.207. The van der Waals surface area contributed by atoms with Crippen molar-refractivity contribution >= 4 is 28.5 Å². The van der Waals surface area contributed by atoms with Crippen LogP contribution < -0.4 is 0 Å². The van der Waals surface area contributed by atoms with E-state index in [1.54, 1.807) is 6.07 Å². The first-order chi connectivity index (χ1) is 13.1. The molecule has 0 radical (unpaired) electrons. The van der Waals surface area contributed by atoms with E-state index in [0.717, 1.165) is 54.8 Å². The first-order valence-electron chi connectivity index (χ1n) is 9.00. The molecule has 0 aromatic carbocycles. The fraction of sp³-hybridized carbons (Fsp3) is 0.368. The Kier molecular flexibility index (Phi) is 5.05. The number of halogens is 1. The Morgan fingerprint density at radius 3 is 2.85 bits per heavy atom. The quantitative estimate of drug-likeness (QED) is 0.631. The minimum atomic E-state index is 0.207. The van der Waals surface area contributed by atoms with Crippen LogP contribution in [-0.2, 0) is 11.3 Å². The van der Waals surface area contributed by atoms with E-state index in [1.807, 2.05) is 47.4 Å².